The van der Waals surface area contributed by atoms with Gasteiger partial charge in [-0.15, -0.1) is 10.2 Å². The molecule has 3 aromatic rings. The molecule has 3 rings (SSSR count). The SMILES string of the molecule is Cc1ccc(C)c(OCc2nnc(SCC(=O)Nc3cc(F)ccc3F)o2)c1. The number of rotatable bonds is 7. The van der Waals surface area contributed by atoms with E-state index in [2.05, 4.69) is 15.5 Å². The van der Waals surface area contributed by atoms with E-state index in [9.17, 15) is 13.6 Å². The third-order valence-electron chi connectivity index (χ3n) is 3.67. The van der Waals surface area contributed by atoms with Crippen LogP contribution in [-0.4, -0.2) is 21.9 Å². The summed E-state index contributed by atoms with van der Waals surface area (Å²) in [5.41, 5.74) is 1.84. The number of carbonyl (C=O) groups excluding carboxylic acids is 1. The number of nitrogens with zero attached hydrogens (tertiary/aromatic N) is 2. The first-order chi connectivity index (χ1) is 13.4. The quantitative estimate of drug-likeness (QED) is 0.592. The number of amides is 1. The Hall–Kier alpha value is -2.94. The minimum atomic E-state index is -0.719. The lowest BCUT2D eigenvalue weighted by atomic mass is 10.1. The van der Waals surface area contributed by atoms with Gasteiger partial charge in [0.1, 0.15) is 17.4 Å². The Morgan fingerprint density at radius 1 is 1.18 bits per heavy atom. The normalized spacial score (nSPS) is 10.7. The molecule has 1 aromatic heterocycles. The maximum absolute atomic E-state index is 13.5. The zero-order valence-corrected chi connectivity index (χ0v) is 16.0. The molecule has 0 radical (unpaired) electrons. The molecule has 0 bridgehead atoms. The highest BCUT2D eigenvalue weighted by molar-refractivity contribution is 7.99. The van der Waals surface area contributed by atoms with E-state index in [0.29, 0.717) is 0 Å². The van der Waals surface area contributed by atoms with Gasteiger partial charge in [-0.1, -0.05) is 23.9 Å². The van der Waals surface area contributed by atoms with Crippen molar-refractivity contribution in [1.29, 1.82) is 0 Å². The van der Waals surface area contributed by atoms with Crippen LogP contribution in [0.4, 0.5) is 14.5 Å². The van der Waals surface area contributed by atoms with Crippen LogP contribution in [0, 0.1) is 25.5 Å². The van der Waals surface area contributed by atoms with Gasteiger partial charge in [-0.05, 0) is 43.2 Å². The molecule has 1 heterocycles. The second-order valence-electron chi connectivity index (χ2n) is 5.98. The average molecular weight is 405 g/mol. The molecule has 6 nitrogen and oxygen atoms in total. The predicted octanol–water partition coefficient (Wildman–Crippen LogP) is 4.27. The molecule has 0 aliphatic rings. The van der Waals surface area contributed by atoms with Crippen LogP contribution in [-0.2, 0) is 11.4 Å². The molecule has 9 heteroatoms. The van der Waals surface area contributed by atoms with Crippen molar-refractivity contribution in [3.8, 4) is 5.75 Å². The maximum Gasteiger partial charge on any atom is 0.277 e. The number of ether oxygens (including phenoxy) is 1. The average Bonchev–Trinajstić information content (AvgIpc) is 3.12. The summed E-state index contributed by atoms with van der Waals surface area (Å²) in [6, 6.07) is 8.69. The minimum Gasteiger partial charge on any atom is -0.484 e. The molecule has 2 aromatic carbocycles. The number of nitrogens with one attached hydrogen (secondary N) is 1. The number of halogens is 2. The lowest BCUT2D eigenvalue weighted by molar-refractivity contribution is -0.113. The van der Waals surface area contributed by atoms with Gasteiger partial charge in [0.2, 0.25) is 5.91 Å². The van der Waals surface area contributed by atoms with Crippen molar-refractivity contribution < 1.29 is 22.7 Å². The van der Waals surface area contributed by atoms with Crippen molar-refractivity contribution in [1.82, 2.24) is 10.2 Å². The molecule has 0 unspecified atom stereocenters. The van der Waals surface area contributed by atoms with Crippen molar-refractivity contribution in [2.75, 3.05) is 11.1 Å². The number of anilines is 1. The summed E-state index contributed by atoms with van der Waals surface area (Å²) in [7, 11) is 0. The highest BCUT2D eigenvalue weighted by atomic mass is 32.2. The van der Waals surface area contributed by atoms with Gasteiger partial charge in [0.15, 0.2) is 6.61 Å². The number of benzene rings is 2. The molecular weight excluding hydrogens is 388 g/mol. The lowest BCUT2D eigenvalue weighted by Crippen LogP contribution is -2.15. The molecule has 0 spiro atoms. The standard InChI is InChI=1S/C19H17F2N3O3S/c1-11-3-4-12(2)16(7-11)26-9-18-23-24-19(27-18)28-10-17(25)22-15-8-13(20)5-6-14(15)21/h3-8H,9-10H2,1-2H3,(H,22,25). The zero-order chi connectivity index (χ0) is 20.1. The van der Waals surface area contributed by atoms with Crippen molar-refractivity contribution in [2.24, 2.45) is 0 Å². The Bertz CT molecular complexity index is 994. The number of carbonyl (C=O) groups is 1. The fourth-order valence-corrected chi connectivity index (χ4v) is 2.84. The smallest absolute Gasteiger partial charge is 0.277 e. The van der Waals surface area contributed by atoms with E-state index in [1.165, 1.54) is 0 Å². The summed E-state index contributed by atoms with van der Waals surface area (Å²) in [6.45, 7) is 4.00. The zero-order valence-electron chi connectivity index (χ0n) is 15.2. The van der Waals surface area contributed by atoms with Crippen LogP contribution in [0.3, 0.4) is 0 Å². The number of aromatic nitrogens is 2. The van der Waals surface area contributed by atoms with Crippen molar-refractivity contribution in [3.63, 3.8) is 0 Å². The lowest BCUT2D eigenvalue weighted by Gasteiger charge is -2.07. The molecule has 28 heavy (non-hydrogen) atoms. The molecule has 0 saturated heterocycles. The van der Waals surface area contributed by atoms with Gasteiger partial charge in [-0.25, -0.2) is 8.78 Å². The molecular formula is C19H17F2N3O3S. The van der Waals surface area contributed by atoms with Crippen LogP contribution in [0.5, 0.6) is 5.75 Å². The largest absolute Gasteiger partial charge is 0.484 e. The summed E-state index contributed by atoms with van der Waals surface area (Å²) in [6.07, 6.45) is 0. The molecule has 1 N–H and O–H groups in total. The van der Waals surface area contributed by atoms with Crippen LogP contribution in [0.15, 0.2) is 46.0 Å². The van der Waals surface area contributed by atoms with E-state index in [4.69, 9.17) is 9.15 Å². The van der Waals surface area contributed by atoms with E-state index < -0.39 is 17.5 Å². The number of aryl methyl sites for hydroxylation is 2. The third kappa shape index (κ3) is 5.29. The Kier molecular flexibility index (Phi) is 6.25. The minimum absolute atomic E-state index is 0.0958. The van der Waals surface area contributed by atoms with E-state index in [1.807, 2.05) is 32.0 Å². The number of hydrogen-bond donors (Lipinski definition) is 1. The maximum atomic E-state index is 13.5. The van der Waals surface area contributed by atoms with Crippen LogP contribution >= 0.6 is 11.8 Å². The summed E-state index contributed by atoms with van der Waals surface area (Å²) in [5.74, 6) is -1.00. The van der Waals surface area contributed by atoms with Gasteiger partial charge in [0, 0.05) is 6.07 Å². The van der Waals surface area contributed by atoms with Gasteiger partial charge in [-0.2, -0.15) is 0 Å². The fraction of sp³-hybridized carbons (Fsp3) is 0.211. The Morgan fingerprint density at radius 3 is 2.82 bits per heavy atom. The second kappa shape index (κ2) is 8.83. The molecule has 0 aliphatic carbocycles. The molecule has 0 fully saturated rings. The Balaban J connectivity index is 1.51. The van der Waals surface area contributed by atoms with E-state index in [-0.39, 0.29) is 29.2 Å². The van der Waals surface area contributed by atoms with Crippen LogP contribution in [0.25, 0.3) is 0 Å². The monoisotopic (exact) mass is 405 g/mol. The second-order valence-corrected chi connectivity index (χ2v) is 6.91. The van der Waals surface area contributed by atoms with Crippen LogP contribution < -0.4 is 10.1 Å². The van der Waals surface area contributed by atoms with Crippen LogP contribution in [0.1, 0.15) is 17.0 Å². The molecule has 1 amide bonds. The third-order valence-corrected chi connectivity index (χ3v) is 4.49. The highest BCUT2D eigenvalue weighted by Gasteiger charge is 2.13. The van der Waals surface area contributed by atoms with Crippen molar-refractivity contribution >= 4 is 23.4 Å². The van der Waals surface area contributed by atoms with Gasteiger partial charge >= 0.3 is 0 Å². The van der Waals surface area contributed by atoms with Gasteiger partial charge in [0.25, 0.3) is 11.1 Å². The van der Waals surface area contributed by atoms with Gasteiger partial charge in [-0.3, -0.25) is 4.79 Å². The molecule has 0 aliphatic heterocycles. The van der Waals surface area contributed by atoms with E-state index in [1.54, 1.807) is 0 Å². The molecule has 0 atom stereocenters. The first-order valence-electron chi connectivity index (χ1n) is 8.31. The first kappa shape index (κ1) is 19.8. The fourth-order valence-electron chi connectivity index (χ4n) is 2.26. The van der Waals surface area contributed by atoms with Gasteiger partial charge in [0.05, 0.1) is 11.4 Å². The topological polar surface area (TPSA) is 77.2 Å². The van der Waals surface area contributed by atoms with Gasteiger partial charge < -0.3 is 14.5 Å². The summed E-state index contributed by atoms with van der Waals surface area (Å²) < 4.78 is 37.8. The van der Waals surface area contributed by atoms with Crippen molar-refractivity contribution in [2.45, 2.75) is 25.7 Å². The van der Waals surface area contributed by atoms with Crippen molar-refractivity contribution in [3.05, 3.63) is 65.1 Å². The highest BCUT2D eigenvalue weighted by Crippen LogP contribution is 2.22. The van der Waals surface area contributed by atoms with E-state index in [0.717, 1.165) is 46.8 Å². The Morgan fingerprint density at radius 2 is 2.00 bits per heavy atom. The van der Waals surface area contributed by atoms with Crippen LogP contribution in [0.2, 0.25) is 0 Å². The van der Waals surface area contributed by atoms with E-state index >= 15 is 0 Å². The Labute approximate surface area is 164 Å². The summed E-state index contributed by atoms with van der Waals surface area (Å²) in [4.78, 5) is 11.9. The summed E-state index contributed by atoms with van der Waals surface area (Å²) in [5, 5.41) is 10.2. The number of hydrogen-bond acceptors (Lipinski definition) is 6. The summed E-state index contributed by atoms with van der Waals surface area (Å²) >= 11 is 0.982. The molecule has 0 saturated carbocycles. The predicted molar refractivity (Wildman–Crippen MR) is 100 cm³/mol. The number of thioether (sulfide) groups is 1. The molecule has 146 valence electrons. The first-order valence-corrected chi connectivity index (χ1v) is 9.29.